The number of thiazole rings is 1. The Kier molecular flexibility index (Phi) is 3.24. The lowest BCUT2D eigenvalue weighted by Gasteiger charge is -2.30. The third-order valence-electron chi connectivity index (χ3n) is 3.18. The maximum absolute atomic E-state index is 9.13. The van der Waals surface area contributed by atoms with Crippen LogP contribution in [-0.2, 0) is 6.54 Å². The Hall–Kier alpha value is -1.48. The minimum Gasteiger partial charge on any atom is -0.313 e. The van der Waals surface area contributed by atoms with Crippen LogP contribution in [0.25, 0.3) is 10.2 Å². The van der Waals surface area contributed by atoms with Gasteiger partial charge in [-0.3, -0.25) is 4.90 Å². The number of hydrogen-bond donors (Lipinski definition) is 1. The first-order valence-corrected chi connectivity index (χ1v) is 6.87. The monoisotopic (exact) mass is 258 g/mol. The van der Waals surface area contributed by atoms with E-state index in [9.17, 15) is 0 Å². The zero-order valence-corrected chi connectivity index (χ0v) is 10.8. The predicted molar refractivity (Wildman–Crippen MR) is 72.3 cm³/mol. The van der Waals surface area contributed by atoms with Crippen LogP contribution in [0.4, 0.5) is 0 Å². The number of hydrogen-bond acceptors (Lipinski definition) is 5. The van der Waals surface area contributed by atoms with Crippen molar-refractivity contribution in [3.05, 3.63) is 29.3 Å². The lowest BCUT2D eigenvalue weighted by molar-refractivity contribution is 0.189. The minimum atomic E-state index is -0.0363. The van der Waals surface area contributed by atoms with Gasteiger partial charge in [-0.1, -0.05) is 12.1 Å². The summed E-state index contributed by atoms with van der Waals surface area (Å²) >= 11 is 1.72. The van der Waals surface area contributed by atoms with Crippen LogP contribution in [0.1, 0.15) is 5.01 Å². The van der Waals surface area contributed by atoms with Crippen molar-refractivity contribution in [1.82, 2.24) is 15.2 Å². The smallest absolute Gasteiger partial charge is 0.111 e. The molecule has 1 aromatic heterocycles. The maximum atomic E-state index is 9.13. The van der Waals surface area contributed by atoms with E-state index in [0.29, 0.717) is 0 Å². The fraction of sp³-hybridized carbons (Fsp3) is 0.385. The summed E-state index contributed by atoms with van der Waals surface area (Å²) in [7, 11) is 0. The summed E-state index contributed by atoms with van der Waals surface area (Å²) in [6.07, 6.45) is 0. The van der Waals surface area contributed by atoms with Gasteiger partial charge in [-0.05, 0) is 12.1 Å². The molecule has 1 aliphatic rings. The van der Waals surface area contributed by atoms with Gasteiger partial charge in [0, 0.05) is 19.6 Å². The van der Waals surface area contributed by atoms with Crippen molar-refractivity contribution >= 4 is 21.6 Å². The Morgan fingerprint density at radius 2 is 2.39 bits per heavy atom. The molecule has 3 rings (SSSR count). The molecule has 2 heterocycles. The minimum absolute atomic E-state index is 0.0363. The van der Waals surface area contributed by atoms with Gasteiger partial charge in [0.15, 0.2) is 0 Å². The summed E-state index contributed by atoms with van der Waals surface area (Å²) in [5.41, 5.74) is 1.06. The van der Waals surface area contributed by atoms with E-state index < -0.39 is 0 Å². The second-order valence-electron chi connectivity index (χ2n) is 4.39. The quantitative estimate of drug-likeness (QED) is 0.889. The van der Waals surface area contributed by atoms with Crippen molar-refractivity contribution < 1.29 is 0 Å². The van der Waals surface area contributed by atoms with E-state index in [4.69, 9.17) is 5.26 Å². The van der Waals surface area contributed by atoms with Crippen molar-refractivity contribution in [3.8, 4) is 6.07 Å². The van der Waals surface area contributed by atoms with Crippen LogP contribution in [0.3, 0.4) is 0 Å². The van der Waals surface area contributed by atoms with Gasteiger partial charge in [0.2, 0.25) is 0 Å². The highest BCUT2D eigenvalue weighted by atomic mass is 32.1. The van der Waals surface area contributed by atoms with E-state index in [1.807, 2.05) is 18.2 Å². The van der Waals surface area contributed by atoms with E-state index in [0.717, 1.165) is 36.7 Å². The van der Waals surface area contributed by atoms with Gasteiger partial charge in [0.25, 0.3) is 0 Å². The van der Waals surface area contributed by atoms with Crippen LogP contribution >= 0.6 is 11.3 Å². The molecule has 1 aromatic carbocycles. The average molecular weight is 258 g/mol. The number of benzene rings is 1. The second kappa shape index (κ2) is 5.02. The molecule has 1 saturated heterocycles. The molecule has 1 N–H and O–H groups in total. The molecule has 1 fully saturated rings. The highest BCUT2D eigenvalue weighted by Crippen LogP contribution is 2.23. The Morgan fingerprint density at radius 1 is 1.50 bits per heavy atom. The zero-order valence-electron chi connectivity index (χ0n) is 9.97. The summed E-state index contributed by atoms with van der Waals surface area (Å²) in [6.45, 7) is 3.39. The number of nitrogens with zero attached hydrogens (tertiary/aromatic N) is 3. The summed E-state index contributed by atoms with van der Waals surface area (Å²) < 4.78 is 1.22. The normalized spacial score (nSPS) is 20.9. The molecule has 4 nitrogen and oxygen atoms in total. The first kappa shape index (κ1) is 11.6. The molecule has 0 radical (unpaired) electrons. The molecule has 1 aliphatic heterocycles. The fourth-order valence-corrected chi connectivity index (χ4v) is 3.22. The molecule has 1 atom stereocenters. The van der Waals surface area contributed by atoms with Crippen molar-refractivity contribution in [1.29, 1.82) is 5.26 Å². The molecule has 0 aliphatic carbocycles. The topological polar surface area (TPSA) is 52.0 Å². The lowest BCUT2D eigenvalue weighted by atomic mass is 10.2. The van der Waals surface area contributed by atoms with E-state index >= 15 is 0 Å². The summed E-state index contributed by atoms with van der Waals surface area (Å²) in [5, 5.41) is 13.5. The van der Waals surface area contributed by atoms with Crippen LogP contribution < -0.4 is 5.32 Å². The molecule has 5 heteroatoms. The van der Waals surface area contributed by atoms with Crippen LogP contribution in [0.15, 0.2) is 24.3 Å². The molecule has 18 heavy (non-hydrogen) atoms. The van der Waals surface area contributed by atoms with Gasteiger partial charge in [0.05, 0.1) is 22.8 Å². The Morgan fingerprint density at radius 3 is 3.22 bits per heavy atom. The SMILES string of the molecule is N#CC1CNCCN1Cc1nc2ccccc2s1. The average Bonchev–Trinajstić information content (AvgIpc) is 2.81. The Balaban J connectivity index is 1.81. The standard InChI is InChI=1S/C13H14N4S/c14-7-10-8-15-5-6-17(10)9-13-16-11-3-1-2-4-12(11)18-13/h1-4,10,15H,5-6,8-9H2. The predicted octanol–water partition coefficient (Wildman–Crippen LogP) is 1.59. The van der Waals surface area contributed by atoms with Crippen molar-refractivity contribution in [3.63, 3.8) is 0 Å². The van der Waals surface area contributed by atoms with Gasteiger partial charge < -0.3 is 5.32 Å². The maximum Gasteiger partial charge on any atom is 0.111 e. The molecular weight excluding hydrogens is 244 g/mol. The highest BCUT2D eigenvalue weighted by molar-refractivity contribution is 7.18. The van der Waals surface area contributed by atoms with E-state index in [-0.39, 0.29) is 6.04 Å². The number of fused-ring (bicyclic) bond motifs is 1. The molecule has 2 aromatic rings. The third kappa shape index (κ3) is 2.23. The summed E-state index contributed by atoms with van der Waals surface area (Å²) in [6, 6.07) is 10.5. The van der Waals surface area contributed by atoms with Gasteiger partial charge >= 0.3 is 0 Å². The molecule has 0 amide bonds. The number of para-hydroxylation sites is 1. The molecule has 1 unspecified atom stereocenters. The Bertz CT molecular complexity index is 553. The van der Waals surface area contributed by atoms with Gasteiger partial charge in [-0.15, -0.1) is 11.3 Å². The Labute approximate surface area is 110 Å². The van der Waals surface area contributed by atoms with Crippen LogP contribution in [0.2, 0.25) is 0 Å². The largest absolute Gasteiger partial charge is 0.313 e. The van der Waals surface area contributed by atoms with E-state index in [1.54, 1.807) is 11.3 Å². The van der Waals surface area contributed by atoms with Crippen molar-refractivity contribution in [2.75, 3.05) is 19.6 Å². The number of rotatable bonds is 2. The van der Waals surface area contributed by atoms with Crippen LogP contribution in [0, 0.1) is 11.3 Å². The van der Waals surface area contributed by atoms with E-state index in [1.165, 1.54) is 4.70 Å². The number of aromatic nitrogens is 1. The summed E-state index contributed by atoms with van der Waals surface area (Å²) in [5.74, 6) is 0. The molecule has 0 spiro atoms. The second-order valence-corrected chi connectivity index (χ2v) is 5.51. The third-order valence-corrected chi connectivity index (χ3v) is 4.20. The fourth-order valence-electron chi connectivity index (χ4n) is 2.22. The molecular formula is C13H14N4S. The van der Waals surface area contributed by atoms with Gasteiger partial charge in [-0.25, -0.2) is 4.98 Å². The van der Waals surface area contributed by atoms with Crippen molar-refractivity contribution in [2.24, 2.45) is 0 Å². The van der Waals surface area contributed by atoms with Gasteiger partial charge in [0.1, 0.15) is 11.0 Å². The van der Waals surface area contributed by atoms with Crippen LogP contribution in [0.5, 0.6) is 0 Å². The molecule has 92 valence electrons. The number of piperazine rings is 1. The number of nitriles is 1. The lowest BCUT2D eigenvalue weighted by Crippen LogP contribution is -2.49. The van der Waals surface area contributed by atoms with Crippen LogP contribution in [-0.4, -0.2) is 35.6 Å². The van der Waals surface area contributed by atoms with E-state index in [2.05, 4.69) is 27.3 Å². The first-order valence-electron chi connectivity index (χ1n) is 6.05. The molecule has 0 bridgehead atoms. The van der Waals surface area contributed by atoms with Gasteiger partial charge in [-0.2, -0.15) is 5.26 Å². The molecule has 0 saturated carbocycles. The highest BCUT2D eigenvalue weighted by Gasteiger charge is 2.22. The van der Waals surface area contributed by atoms with Crippen molar-refractivity contribution in [2.45, 2.75) is 12.6 Å². The first-order chi connectivity index (χ1) is 8.86. The summed E-state index contributed by atoms with van der Waals surface area (Å²) in [4.78, 5) is 6.83. The number of nitrogens with one attached hydrogen (secondary N) is 1. The zero-order chi connectivity index (χ0) is 12.4.